The normalized spacial score (nSPS) is 10.7. The molecule has 0 unspecified atom stereocenters. The fourth-order valence-electron chi connectivity index (χ4n) is 1.95. The molecule has 3 rings (SSSR count). The van der Waals surface area contributed by atoms with E-state index in [0.717, 1.165) is 0 Å². The first-order valence-electron chi connectivity index (χ1n) is 6.07. The van der Waals surface area contributed by atoms with Crippen molar-refractivity contribution in [2.45, 2.75) is 0 Å². The minimum atomic E-state index is -0.492. The SMILES string of the molecule is Nc1nc(N)c2nc(-c3ccc([N+](=O)[O-])cc3)c(N)nc2n1. The number of non-ortho nitro benzene ring substituents is 1. The molecular weight excluding hydrogens is 288 g/mol. The number of nitro benzene ring substituents is 1. The number of rotatable bonds is 2. The molecule has 22 heavy (non-hydrogen) atoms. The van der Waals surface area contributed by atoms with Gasteiger partial charge in [0.05, 0.1) is 4.92 Å². The summed E-state index contributed by atoms with van der Waals surface area (Å²) in [5, 5.41) is 10.7. The van der Waals surface area contributed by atoms with Crippen molar-refractivity contribution < 1.29 is 4.92 Å². The monoisotopic (exact) mass is 298 g/mol. The van der Waals surface area contributed by atoms with E-state index in [4.69, 9.17) is 17.2 Å². The van der Waals surface area contributed by atoms with Gasteiger partial charge in [-0.1, -0.05) is 0 Å². The summed E-state index contributed by atoms with van der Waals surface area (Å²) in [6.45, 7) is 0. The largest absolute Gasteiger partial charge is 0.382 e. The van der Waals surface area contributed by atoms with E-state index in [1.54, 1.807) is 0 Å². The van der Waals surface area contributed by atoms with Crippen LogP contribution in [0.1, 0.15) is 0 Å². The summed E-state index contributed by atoms with van der Waals surface area (Å²) >= 11 is 0. The van der Waals surface area contributed by atoms with E-state index in [0.29, 0.717) is 11.3 Å². The molecule has 10 heteroatoms. The van der Waals surface area contributed by atoms with Gasteiger partial charge in [0, 0.05) is 17.7 Å². The Bertz CT molecular complexity index is 894. The first kappa shape index (κ1) is 13.4. The van der Waals surface area contributed by atoms with Crippen LogP contribution in [0.4, 0.5) is 23.3 Å². The molecular formula is C12H10N8O2. The summed E-state index contributed by atoms with van der Waals surface area (Å²) in [5.74, 6) is 0.166. The number of aromatic nitrogens is 4. The van der Waals surface area contributed by atoms with Crippen molar-refractivity contribution in [1.82, 2.24) is 19.9 Å². The lowest BCUT2D eigenvalue weighted by atomic mass is 10.1. The highest BCUT2D eigenvalue weighted by Crippen LogP contribution is 2.27. The number of anilines is 3. The maximum Gasteiger partial charge on any atom is 0.269 e. The van der Waals surface area contributed by atoms with Crippen molar-refractivity contribution in [2.75, 3.05) is 17.2 Å². The summed E-state index contributed by atoms with van der Waals surface area (Å²) < 4.78 is 0. The Labute approximate surface area is 123 Å². The average molecular weight is 298 g/mol. The van der Waals surface area contributed by atoms with Gasteiger partial charge in [0.15, 0.2) is 22.8 Å². The summed E-state index contributed by atoms with van der Waals surface area (Å²) in [4.78, 5) is 26.3. The van der Waals surface area contributed by atoms with Gasteiger partial charge in [0.2, 0.25) is 5.95 Å². The molecule has 0 aliphatic carbocycles. The zero-order chi connectivity index (χ0) is 15.9. The zero-order valence-corrected chi connectivity index (χ0v) is 11.1. The van der Waals surface area contributed by atoms with Crippen LogP contribution >= 0.6 is 0 Å². The van der Waals surface area contributed by atoms with E-state index in [1.165, 1.54) is 24.3 Å². The van der Waals surface area contributed by atoms with Crippen LogP contribution in [0.2, 0.25) is 0 Å². The van der Waals surface area contributed by atoms with Crippen molar-refractivity contribution in [3.05, 3.63) is 34.4 Å². The molecule has 0 atom stereocenters. The predicted molar refractivity (Wildman–Crippen MR) is 80.5 cm³/mol. The van der Waals surface area contributed by atoms with Crippen molar-refractivity contribution in [2.24, 2.45) is 0 Å². The molecule has 1 aromatic carbocycles. The van der Waals surface area contributed by atoms with Gasteiger partial charge in [-0.15, -0.1) is 0 Å². The number of benzene rings is 1. The van der Waals surface area contributed by atoms with E-state index in [1.807, 2.05) is 0 Å². The molecule has 2 heterocycles. The van der Waals surface area contributed by atoms with Crippen LogP contribution in [0.15, 0.2) is 24.3 Å². The highest BCUT2D eigenvalue weighted by molar-refractivity contribution is 5.87. The molecule has 2 aromatic heterocycles. The Morgan fingerprint density at radius 2 is 1.59 bits per heavy atom. The second kappa shape index (κ2) is 4.77. The van der Waals surface area contributed by atoms with Gasteiger partial charge in [-0.2, -0.15) is 9.97 Å². The molecule has 0 radical (unpaired) electrons. The minimum absolute atomic E-state index is 0.0261. The van der Waals surface area contributed by atoms with Gasteiger partial charge in [-0.25, -0.2) is 9.97 Å². The molecule has 10 nitrogen and oxygen atoms in total. The van der Waals surface area contributed by atoms with E-state index in [2.05, 4.69) is 19.9 Å². The van der Waals surface area contributed by atoms with Gasteiger partial charge < -0.3 is 17.2 Å². The molecule has 0 amide bonds. The van der Waals surface area contributed by atoms with Gasteiger partial charge in [0.1, 0.15) is 5.69 Å². The Kier molecular flexibility index (Phi) is 2.91. The molecule has 6 N–H and O–H groups in total. The van der Waals surface area contributed by atoms with E-state index in [-0.39, 0.29) is 34.4 Å². The molecule has 0 fully saturated rings. The fourth-order valence-corrected chi connectivity index (χ4v) is 1.95. The molecule has 0 aliphatic heterocycles. The quantitative estimate of drug-likeness (QED) is 0.455. The third kappa shape index (κ3) is 2.18. The number of nitrogen functional groups attached to an aromatic ring is 3. The maximum absolute atomic E-state index is 10.7. The van der Waals surface area contributed by atoms with Crippen LogP contribution < -0.4 is 17.2 Å². The Morgan fingerprint density at radius 3 is 2.23 bits per heavy atom. The molecule has 0 spiro atoms. The van der Waals surface area contributed by atoms with Crippen LogP contribution in [-0.2, 0) is 0 Å². The summed E-state index contributed by atoms with van der Waals surface area (Å²) in [6, 6.07) is 5.75. The van der Waals surface area contributed by atoms with Crippen LogP contribution in [0.3, 0.4) is 0 Å². The maximum atomic E-state index is 10.7. The topological polar surface area (TPSA) is 173 Å². The van der Waals surface area contributed by atoms with Crippen molar-refractivity contribution in [3.63, 3.8) is 0 Å². The minimum Gasteiger partial charge on any atom is -0.382 e. The first-order valence-corrected chi connectivity index (χ1v) is 6.07. The highest BCUT2D eigenvalue weighted by atomic mass is 16.6. The lowest BCUT2D eigenvalue weighted by Gasteiger charge is -2.07. The predicted octanol–water partition coefficient (Wildman–Crippen LogP) is 0.742. The van der Waals surface area contributed by atoms with Crippen LogP contribution in [0.25, 0.3) is 22.4 Å². The van der Waals surface area contributed by atoms with Crippen molar-refractivity contribution in [1.29, 1.82) is 0 Å². The third-order valence-electron chi connectivity index (χ3n) is 2.95. The molecule has 3 aromatic rings. The Hall–Kier alpha value is -3.56. The van der Waals surface area contributed by atoms with E-state index < -0.39 is 4.92 Å². The molecule has 0 saturated heterocycles. The zero-order valence-electron chi connectivity index (χ0n) is 11.1. The summed E-state index contributed by atoms with van der Waals surface area (Å²) in [6.07, 6.45) is 0. The summed E-state index contributed by atoms with van der Waals surface area (Å²) in [7, 11) is 0. The van der Waals surface area contributed by atoms with Crippen LogP contribution in [0, 0.1) is 10.1 Å². The molecule has 0 saturated carbocycles. The number of nitro groups is 1. The second-order valence-electron chi connectivity index (χ2n) is 4.40. The fraction of sp³-hybridized carbons (Fsp3) is 0. The van der Waals surface area contributed by atoms with Gasteiger partial charge >= 0.3 is 0 Å². The van der Waals surface area contributed by atoms with Crippen LogP contribution in [-0.4, -0.2) is 24.9 Å². The number of hydrogen-bond acceptors (Lipinski definition) is 9. The van der Waals surface area contributed by atoms with E-state index in [9.17, 15) is 10.1 Å². The lowest BCUT2D eigenvalue weighted by Crippen LogP contribution is -2.06. The average Bonchev–Trinajstić information content (AvgIpc) is 2.46. The molecule has 0 aliphatic rings. The molecule has 0 bridgehead atoms. The standard InChI is InChI=1S/C12H10N8O2/c13-9-7(5-1-3-6(4-2-5)20(21)22)16-8-10(14)18-12(15)19-11(8)17-9/h1-4H,(H6,13,14,15,17,18,19). The number of fused-ring (bicyclic) bond motifs is 1. The van der Waals surface area contributed by atoms with E-state index >= 15 is 0 Å². The Morgan fingerprint density at radius 1 is 0.909 bits per heavy atom. The van der Waals surface area contributed by atoms with Crippen molar-refractivity contribution in [3.8, 4) is 11.3 Å². The van der Waals surface area contributed by atoms with Gasteiger partial charge in [-0.05, 0) is 12.1 Å². The lowest BCUT2D eigenvalue weighted by molar-refractivity contribution is -0.384. The van der Waals surface area contributed by atoms with Crippen molar-refractivity contribution >= 4 is 34.4 Å². The smallest absolute Gasteiger partial charge is 0.269 e. The number of nitrogens with two attached hydrogens (primary N) is 3. The number of nitrogens with zero attached hydrogens (tertiary/aromatic N) is 5. The first-order chi connectivity index (χ1) is 10.5. The molecule has 110 valence electrons. The third-order valence-corrected chi connectivity index (χ3v) is 2.95. The summed E-state index contributed by atoms with van der Waals surface area (Å²) in [5.41, 5.74) is 18.4. The van der Waals surface area contributed by atoms with Crippen LogP contribution in [0.5, 0.6) is 0 Å². The van der Waals surface area contributed by atoms with Gasteiger partial charge in [-0.3, -0.25) is 10.1 Å². The Balaban J connectivity index is 2.18. The second-order valence-corrected chi connectivity index (χ2v) is 4.40. The van der Waals surface area contributed by atoms with Gasteiger partial charge in [0.25, 0.3) is 5.69 Å². The number of hydrogen-bond donors (Lipinski definition) is 3. The highest BCUT2D eigenvalue weighted by Gasteiger charge is 2.14.